The summed E-state index contributed by atoms with van der Waals surface area (Å²) in [6.07, 6.45) is 0.774. The van der Waals surface area contributed by atoms with E-state index >= 15 is 0 Å². The quantitative estimate of drug-likeness (QED) is 0.814. The molecule has 0 unspecified atom stereocenters. The van der Waals surface area contributed by atoms with Crippen LogP contribution in [0.25, 0.3) is 0 Å². The van der Waals surface area contributed by atoms with Gasteiger partial charge >= 0.3 is 0 Å². The van der Waals surface area contributed by atoms with E-state index in [0.717, 1.165) is 28.3 Å². The van der Waals surface area contributed by atoms with Crippen molar-refractivity contribution in [3.63, 3.8) is 0 Å². The van der Waals surface area contributed by atoms with Crippen LogP contribution in [0, 0.1) is 0 Å². The monoisotopic (exact) mass is 213 g/mol. The lowest BCUT2D eigenvalue weighted by molar-refractivity contribution is -0.0164. The summed E-state index contributed by atoms with van der Waals surface area (Å²) < 4.78 is 10.5. The number of nitrogens with two attached hydrogens (primary N) is 1. The smallest absolute Gasteiger partial charge is 0.189 e. The van der Waals surface area contributed by atoms with Gasteiger partial charge in [-0.1, -0.05) is 11.6 Å². The summed E-state index contributed by atoms with van der Waals surface area (Å²) in [5.74, 6) is 0.865. The zero-order chi connectivity index (χ0) is 9.97. The Labute approximate surface area is 87.8 Å². The fourth-order valence-corrected chi connectivity index (χ4v) is 1.77. The van der Waals surface area contributed by atoms with Crippen molar-refractivity contribution in [2.45, 2.75) is 13.0 Å². The Kier molecular flexibility index (Phi) is 2.91. The van der Waals surface area contributed by atoms with Gasteiger partial charge in [0, 0.05) is 10.6 Å². The Balaban J connectivity index is 2.35. The van der Waals surface area contributed by atoms with E-state index in [0.29, 0.717) is 19.9 Å². The number of fused-ring (bicyclic) bond motifs is 1. The highest BCUT2D eigenvalue weighted by Crippen LogP contribution is 2.30. The van der Waals surface area contributed by atoms with Crippen LogP contribution >= 0.6 is 11.6 Å². The average molecular weight is 214 g/mol. The van der Waals surface area contributed by atoms with E-state index in [2.05, 4.69) is 0 Å². The van der Waals surface area contributed by atoms with Crippen LogP contribution in [0.2, 0.25) is 5.02 Å². The third-order valence-electron chi connectivity index (χ3n) is 2.20. The van der Waals surface area contributed by atoms with Crippen LogP contribution in [0.5, 0.6) is 5.75 Å². The lowest BCUT2D eigenvalue weighted by Gasteiger charge is -2.19. The molecule has 4 heteroatoms. The molecule has 1 aromatic carbocycles. The molecule has 3 nitrogen and oxygen atoms in total. The number of hydrogen-bond acceptors (Lipinski definition) is 3. The van der Waals surface area contributed by atoms with Gasteiger partial charge < -0.3 is 15.2 Å². The van der Waals surface area contributed by atoms with Crippen LogP contribution in [0.1, 0.15) is 11.1 Å². The minimum Gasteiger partial charge on any atom is -0.467 e. The SMILES string of the molecule is NCCc1cc2c(cc1Cl)COCO2. The highest BCUT2D eigenvalue weighted by molar-refractivity contribution is 6.31. The summed E-state index contributed by atoms with van der Waals surface area (Å²) in [5.41, 5.74) is 7.52. The van der Waals surface area contributed by atoms with Crippen LogP contribution in [0.15, 0.2) is 12.1 Å². The van der Waals surface area contributed by atoms with Crippen molar-refractivity contribution in [2.75, 3.05) is 13.3 Å². The zero-order valence-corrected chi connectivity index (χ0v) is 8.51. The molecule has 0 spiro atoms. The molecule has 2 rings (SSSR count). The molecule has 1 aliphatic rings. The molecule has 0 amide bonds. The first-order valence-electron chi connectivity index (χ1n) is 4.53. The maximum atomic E-state index is 6.07. The van der Waals surface area contributed by atoms with Crippen LogP contribution in [0.4, 0.5) is 0 Å². The van der Waals surface area contributed by atoms with Gasteiger partial charge in [-0.3, -0.25) is 0 Å². The van der Waals surface area contributed by atoms with E-state index in [-0.39, 0.29) is 0 Å². The van der Waals surface area contributed by atoms with Crippen molar-refractivity contribution in [3.05, 3.63) is 28.3 Å². The van der Waals surface area contributed by atoms with Gasteiger partial charge in [0.1, 0.15) is 5.75 Å². The highest BCUT2D eigenvalue weighted by atomic mass is 35.5. The van der Waals surface area contributed by atoms with Crippen LogP contribution in [-0.4, -0.2) is 13.3 Å². The van der Waals surface area contributed by atoms with Gasteiger partial charge in [0.05, 0.1) is 6.61 Å². The Morgan fingerprint density at radius 3 is 3.07 bits per heavy atom. The normalized spacial score (nSPS) is 14.7. The Morgan fingerprint density at radius 1 is 1.43 bits per heavy atom. The first-order valence-corrected chi connectivity index (χ1v) is 4.91. The lowest BCUT2D eigenvalue weighted by atomic mass is 10.1. The fourth-order valence-electron chi connectivity index (χ4n) is 1.49. The van der Waals surface area contributed by atoms with Crippen LogP contribution in [0.3, 0.4) is 0 Å². The van der Waals surface area contributed by atoms with Crippen molar-refractivity contribution in [1.29, 1.82) is 0 Å². The molecule has 0 aliphatic carbocycles. The van der Waals surface area contributed by atoms with Gasteiger partial charge in [-0.15, -0.1) is 0 Å². The van der Waals surface area contributed by atoms with Crippen LogP contribution < -0.4 is 10.5 Å². The largest absolute Gasteiger partial charge is 0.467 e. The second kappa shape index (κ2) is 4.17. The number of hydrogen-bond donors (Lipinski definition) is 1. The maximum absolute atomic E-state index is 6.07. The summed E-state index contributed by atoms with van der Waals surface area (Å²) >= 11 is 6.07. The van der Waals surface area contributed by atoms with Crippen molar-refractivity contribution in [3.8, 4) is 5.75 Å². The summed E-state index contributed by atoms with van der Waals surface area (Å²) in [7, 11) is 0. The van der Waals surface area contributed by atoms with Gasteiger partial charge in [0.2, 0.25) is 0 Å². The minimum atomic E-state index is 0.316. The molecule has 0 bridgehead atoms. The highest BCUT2D eigenvalue weighted by Gasteiger charge is 2.13. The number of halogens is 1. The Bertz CT molecular complexity index is 341. The molecule has 0 radical (unpaired) electrons. The summed E-state index contributed by atoms with van der Waals surface area (Å²) in [6, 6.07) is 3.84. The molecule has 0 aromatic heterocycles. The first-order chi connectivity index (χ1) is 6.81. The predicted octanol–water partition coefficient (Wildman–Crippen LogP) is 1.71. The molecule has 14 heavy (non-hydrogen) atoms. The molecule has 2 N–H and O–H groups in total. The van der Waals surface area contributed by atoms with Gasteiger partial charge in [0.25, 0.3) is 0 Å². The third kappa shape index (κ3) is 1.85. The van der Waals surface area contributed by atoms with E-state index < -0.39 is 0 Å². The summed E-state index contributed by atoms with van der Waals surface area (Å²) in [4.78, 5) is 0. The molecule has 1 heterocycles. The van der Waals surface area contributed by atoms with E-state index in [9.17, 15) is 0 Å². The third-order valence-corrected chi connectivity index (χ3v) is 2.55. The summed E-state index contributed by atoms with van der Waals surface area (Å²) in [6.45, 7) is 1.48. The van der Waals surface area contributed by atoms with Gasteiger partial charge in [-0.2, -0.15) is 0 Å². The lowest BCUT2D eigenvalue weighted by Crippen LogP contribution is -2.12. The van der Waals surface area contributed by atoms with Crippen molar-refractivity contribution in [2.24, 2.45) is 5.73 Å². The zero-order valence-electron chi connectivity index (χ0n) is 7.75. The number of ether oxygens (including phenoxy) is 2. The molecule has 0 saturated carbocycles. The summed E-state index contributed by atoms with van der Waals surface area (Å²) in [5, 5.41) is 0.739. The minimum absolute atomic E-state index is 0.316. The Hall–Kier alpha value is -0.770. The van der Waals surface area contributed by atoms with Crippen molar-refractivity contribution in [1.82, 2.24) is 0 Å². The topological polar surface area (TPSA) is 44.5 Å². The van der Waals surface area contributed by atoms with E-state index in [1.165, 1.54) is 0 Å². The van der Waals surface area contributed by atoms with Gasteiger partial charge in [-0.25, -0.2) is 0 Å². The van der Waals surface area contributed by atoms with Crippen LogP contribution in [-0.2, 0) is 17.8 Å². The second-order valence-electron chi connectivity index (χ2n) is 3.20. The average Bonchev–Trinajstić information content (AvgIpc) is 2.19. The predicted molar refractivity (Wildman–Crippen MR) is 54.5 cm³/mol. The first kappa shape index (κ1) is 9.77. The van der Waals surface area contributed by atoms with Gasteiger partial charge in [0.15, 0.2) is 6.79 Å². The fraction of sp³-hybridized carbons (Fsp3) is 0.400. The van der Waals surface area contributed by atoms with Crippen molar-refractivity contribution >= 4 is 11.6 Å². The number of rotatable bonds is 2. The Morgan fingerprint density at radius 2 is 2.29 bits per heavy atom. The van der Waals surface area contributed by atoms with E-state index in [1.54, 1.807) is 0 Å². The van der Waals surface area contributed by atoms with E-state index in [1.807, 2.05) is 12.1 Å². The molecule has 0 fully saturated rings. The molecule has 0 saturated heterocycles. The molecular formula is C10H12ClNO2. The van der Waals surface area contributed by atoms with Crippen molar-refractivity contribution < 1.29 is 9.47 Å². The molecular weight excluding hydrogens is 202 g/mol. The molecule has 76 valence electrons. The van der Waals surface area contributed by atoms with Gasteiger partial charge in [-0.05, 0) is 30.7 Å². The molecule has 1 aromatic rings. The number of benzene rings is 1. The maximum Gasteiger partial charge on any atom is 0.189 e. The molecule has 0 atom stereocenters. The van der Waals surface area contributed by atoms with E-state index in [4.69, 9.17) is 26.8 Å². The second-order valence-corrected chi connectivity index (χ2v) is 3.61. The standard InChI is InChI=1S/C10H12ClNO2/c11-9-3-8-5-13-6-14-10(8)4-7(9)1-2-12/h3-4H,1-2,5-6,12H2. The molecule has 1 aliphatic heterocycles.